The number of hydrogen-bond acceptors (Lipinski definition) is 6. The van der Waals surface area contributed by atoms with Gasteiger partial charge in [0.2, 0.25) is 5.91 Å². The molecule has 2 heterocycles. The lowest BCUT2D eigenvalue weighted by Gasteiger charge is -2.39. The Bertz CT molecular complexity index is 381. The van der Waals surface area contributed by atoms with Gasteiger partial charge in [-0.1, -0.05) is 0 Å². The second-order valence-electron chi connectivity index (χ2n) is 3.31. The van der Waals surface area contributed by atoms with E-state index in [2.05, 4.69) is 15.4 Å². The summed E-state index contributed by atoms with van der Waals surface area (Å²) in [5.41, 5.74) is 7.65. The Balaban J connectivity index is 2.19. The molecule has 1 aromatic heterocycles. The molecular weight excluding hydrogens is 196 g/mol. The van der Waals surface area contributed by atoms with Gasteiger partial charge in [-0.05, 0) is 6.42 Å². The number of carbonyl (C=O) groups is 1. The molecule has 7 nitrogen and oxygen atoms in total. The van der Waals surface area contributed by atoms with E-state index in [4.69, 9.17) is 11.6 Å². The predicted octanol–water partition coefficient (Wildman–Crippen LogP) is -1.17. The smallest absolute Gasteiger partial charge is 0.240 e. The van der Waals surface area contributed by atoms with Crippen molar-refractivity contribution < 1.29 is 4.79 Å². The normalized spacial score (nSPS) is 19.5. The monoisotopic (exact) mass is 208 g/mol. The standard InChI is InChI=1S/C8H12N6O/c9-8(15)5-1-2-14(5)7-3-6(13-10)11-4-12-7/h3-5H,1-2,10H2,(H2,9,15)(H,11,12,13). The molecule has 15 heavy (non-hydrogen) atoms. The van der Waals surface area contributed by atoms with E-state index in [1.165, 1.54) is 6.33 Å². The van der Waals surface area contributed by atoms with Crippen molar-refractivity contribution >= 4 is 17.5 Å². The van der Waals surface area contributed by atoms with Crippen LogP contribution in [0.3, 0.4) is 0 Å². The molecule has 1 atom stereocenters. The van der Waals surface area contributed by atoms with E-state index in [0.29, 0.717) is 11.6 Å². The first kappa shape index (κ1) is 9.66. The molecule has 5 N–H and O–H groups in total. The van der Waals surface area contributed by atoms with Crippen molar-refractivity contribution in [3.8, 4) is 0 Å². The van der Waals surface area contributed by atoms with Crippen LogP contribution in [0.2, 0.25) is 0 Å². The third kappa shape index (κ3) is 1.68. The molecule has 80 valence electrons. The lowest BCUT2D eigenvalue weighted by Crippen LogP contribution is -2.55. The average molecular weight is 208 g/mol. The van der Waals surface area contributed by atoms with Gasteiger partial charge in [-0.2, -0.15) is 0 Å². The number of amides is 1. The number of carbonyl (C=O) groups excluding carboxylic acids is 1. The van der Waals surface area contributed by atoms with E-state index in [0.717, 1.165) is 13.0 Å². The largest absolute Gasteiger partial charge is 0.368 e. The number of nitrogens with two attached hydrogens (primary N) is 2. The molecule has 2 rings (SSSR count). The van der Waals surface area contributed by atoms with Crippen LogP contribution in [0.5, 0.6) is 0 Å². The predicted molar refractivity (Wildman–Crippen MR) is 54.8 cm³/mol. The molecule has 0 radical (unpaired) electrons. The highest BCUT2D eigenvalue weighted by molar-refractivity contribution is 5.85. The summed E-state index contributed by atoms with van der Waals surface area (Å²) in [5, 5.41) is 0. The number of nitrogen functional groups attached to an aromatic ring is 1. The van der Waals surface area contributed by atoms with Gasteiger partial charge in [0.1, 0.15) is 24.0 Å². The molecule has 1 amide bonds. The summed E-state index contributed by atoms with van der Waals surface area (Å²) in [6, 6.07) is 1.42. The Labute approximate surface area is 86.4 Å². The second-order valence-corrected chi connectivity index (χ2v) is 3.31. The molecule has 1 unspecified atom stereocenters. The van der Waals surface area contributed by atoms with Gasteiger partial charge in [-0.25, -0.2) is 15.8 Å². The van der Waals surface area contributed by atoms with Crippen LogP contribution in [-0.4, -0.2) is 28.5 Å². The van der Waals surface area contributed by atoms with E-state index in [1.807, 2.05) is 4.90 Å². The van der Waals surface area contributed by atoms with Crippen molar-refractivity contribution in [1.82, 2.24) is 9.97 Å². The van der Waals surface area contributed by atoms with Gasteiger partial charge in [-0.15, -0.1) is 0 Å². The third-order valence-corrected chi connectivity index (χ3v) is 2.44. The first-order valence-corrected chi connectivity index (χ1v) is 4.57. The van der Waals surface area contributed by atoms with Crippen molar-refractivity contribution in [2.75, 3.05) is 16.9 Å². The molecule has 1 aliphatic rings. The number of primary amides is 1. The molecule has 1 aromatic rings. The third-order valence-electron chi connectivity index (χ3n) is 2.44. The molecule has 1 aliphatic heterocycles. The van der Waals surface area contributed by atoms with E-state index in [-0.39, 0.29) is 11.9 Å². The summed E-state index contributed by atoms with van der Waals surface area (Å²) >= 11 is 0. The molecule has 7 heteroatoms. The van der Waals surface area contributed by atoms with Gasteiger partial charge in [-0.3, -0.25) is 4.79 Å². The number of hydrogen-bond donors (Lipinski definition) is 3. The van der Waals surface area contributed by atoms with E-state index in [1.54, 1.807) is 6.07 Å². The molecule has 0 aromatic carbocycles. The zero-order valence-corrected chi connectivity index (χ0v) is 8.05. The molecule has 0 aliphatic carbocycles. The Morgan fingerprint density at radius 3 is 2.93 bits per heavy atom. The van der Waals surface area contributed by atoms with E-state index in [9.17, 15) is 4.79 Å². The van der Waals surface area contributed by atoms with Gasteiger partial charge in [0, 0.05) is 12.6 Å². The minimum absolute atomic E-state index is 0.259. The molecule has 1 saturated heterocycles. The first-order chi connectivity index (χ1) is 7.22. The molecule has 0 saturated carbocycles. The maximum absolute atomic E-state index is 11.0. The number of aromatic nitrogens is 2. The molecule has 0 spiro atoms. The second kappa shape index (κ2) is 3.70. The highest BCUT2D eigenvalue weighted by Crippen LogP contribution is 2.24. The van der Waals surface area contributed by atoms with Crippen LogP contribution in [0.1, 0.15) is 6.42 Å². The minimum atomic E-state index is -0.331. The van der Waals surface area contributed by atoms with Crippen LogP contribution in [0.25, 0.3) is 0 Å². The van der Waals surface area contributed by atoms with Crippen LogP contribution < -0.4 is 21.9 Å². The summed E-state index contributed by atoms with van der Waals surface area (Å²) in [6.07, 6.45) is 2.16. The lowest BCUT2D eigenvalue weighted by molar-refractivity contribution is -0.120. The average Bonchev–Trinajstić information content (AvgIpc) is 2.15. The number of hydrazine groups is 1. The van der Waals surface area contributed by atoms with E-state index >= 15 is 0 Å². The van der Waals surface area contributed by atoms with Gasteiger partial charge >= 0.3 is 0 Å². The van der Waals surface area contributed by atoms with Gasteiger partial charge in [0.15, 0.2) is 0 Å². The maximum atomic E-state index is 11.0. The molecular formula is C8H12N6O. The van der Waals surface area contributed by atoms with Crippen LogP contribution in [0.15, 0.2) is 12.4 Å². The fraction of sp³-hybridized carbons (Fsp3) is 0.375. The summed E-state index contributed by atoms with van der Waals surface area (Å²) in [5.74, 6) is 6.06. The highest BCUT2D eigenvalue weighted by Gasteiger charge is 2.33. The lowest BCUT2D eigenvalue weighted by atomic mass is 10.0. The Hall–Kier alpha value is -1.89. The van der Waals surface area contributed by atoms with Crippen LogP contribution in [-0.2, 0) is 4.79 Å². The van der Waals surface area contributed by atoms with Crippen LogP contribution in [0.4, 0.5) is 11.6 Å². The first-order valence-electron chi connectivity index (χ1n) is 4.57. The number of nitrogens with zero attached hydrogens (tertiary/aromatic N) is 3. The van der Waals surface area contributed by atoms with Crippen molar-refractivity contribution in [1.29, 1.82) is 0 Å². The van der Waals surface area contributed by atoms with Crippen LogP contribution in [0, 0.1) is 0 Å². The highest BCUT2D eigenvalue weighted by atomic mass is 16.1. The zero-order valence-electron chi connectivity index (χ0n) is 8.05. The minimum Gasteiger partial charge on any atom is -0.368 e. The van der Waals surface area contributed by atoms with Crippen LogP contribution >= 0.6 is 0 Å². The number of nitrogens with one attached hydrogen (secondary N) is 1. The van der Waals surface area contributed by atoms with Crippen molar-refractivity contribution in [2.45, 2.75) is 12.5 Å². The van der Waals surface area contributed by atoms with Crippen molar-refractivity contribution in [3.05, 3.63) is 12.4 Å². The summed E-state index contributed by atoms with van der Waals surface area (Å²) < 4.78 is 0. The molecule has 0 bridgehead atoms. The SMILES string of the molecule is NNc1cc(N2CCC2C(N)=O)ncn1. The fourth-order valence-electron chi connectivity index (χ4n) is 1.54. The number of anilines is 2. The van der Waals surface area contributed by atoms with Gasteiger partial charge in [0.05, 0.1) is 0 Å². The summed E-state index contributed by atoms with van der Waals surface area (Å²) in [7, 11) is 0. The maximum Gasteiger partial charge on any atom is 0.240 e. The molecule has 1 fully saturated rings. The van der Waals surface area contributed by atoms with Crippen molar-refractivity contribution in [2.24, 2.45) is 11.6 Å². The summed E-state index contributed by atoms with van der Waals surface area (Å²) in [6.45, 7) is 0.772. The topological polar surface area (TPSA) is 110 Å². The quantitative estimate of drug-likeness (QED) is 0.426. The Morgan fingerprint density at radius 1 is 1.60 bits per heavy atom. The van der Waals surface area contributed by atoms with E-state index < -0.39 is 0 Å². The fourth-order valence-corrected chi connectivity index (χ4v) is 1.54. The Morgan fingerprint density at radius 2 is 2.40 bits per heavy atom. The summed E-state index contributed by atoms with van der Waals surface area (Å²) in [4.78, 5) is 20.8. The zero-order chi connectivity index (χ0) is 10.8. The van der Waals surface area contributed by atoms with Gasteiger partial charge < -0.3 is 16.1 Å². The van der Waals surface area contributed by atoms with Gasteiger partial charge in [0.25, 0.3) is 0 Å². The number of rotatable bonds is 3. The van der Waals surface area contributed by atoms with Crippen molar-refractivity contribution in [3.63, 3.8) is 0 Å². The Kier molecular flexibility index (Phi) is 2.38.